The average molecular weight is 361 g/mol. The number of likely N-dealkylation sites (tertiary alicyclic amines) is 1. The number of carbonyl (C=O) groups excluding carboxylic acids is 2. The molecule has 1 aliphatic rings. The number of hydrogen-bond donors (Lipinski definition) is 1. The van der Waals surface area contributed by atoms with Gasteiger partial charge in [0, 0.05) is 36.1 Å². The third kappa shape index (κ3) is 3.58. The zero-order valence-electron chi connectivity index (χ0n) is 15.4. The molecule has 1 fully saturated rings. The van der Waals surface area contributed by atoms with Gasteiger partial charge in [-0.3, -0.25) is 9.59 Å². The Hall–Kier alpha value is -3.08. The smallest absolute Gasteiger partial charge is 0.253 e. The number of fused-ring (bicyclic) bond motifs is 1. The molecule has 0 bridgehead atoms. The van der Waals surface area contributed by atoms with Gasteiger partial charge in [-0.1, -0.05) is 18.2 Å². The zero-order valence-corrected chi connectivity index (χ0v) is 15.4. The summed E-state index contributed by atoms with van der Waals surface area (Å²) in [6, 6.07) is 15.5. The van der Waals surface area contributed by atoms with E-state index >= 15 is 0 Å². The van der Waals surface area contributed by atoms with E-state index in [1.807, 2.05) is 65.1 Å². The van der Waals surface area contributed by atoms with E-state index in [0.29, 0.717) is 5.56 Å². The summed E-state index contributed by atoms with van der Waals surface area (Å²) >= 11 is 0. The van der Waals surface area contributed by atoms with Gasteiger partial charge in [0.1, 0.15) is 6.54 Å². The molecule has 0 unspecified atom stereocenters. The van der Waals surface area contributed by atoms with Crippen molar-refractivity contribution in [3.05, 3.63) is 65.9 Å². The van der Waals surface area contributed by atoms with Crippen LogP contribution in [0.5, 0.6) is 0 Å². The van der Waals surface area contributed by atoms with E-state index in [2.05, 4.69) is 5.32 Å². The normalized spacial score (nSPS) is 13.9. The lowest BCUT2D eigenvalue weighted by atomic mass is 10.1. The van der Waals surface area contributed by atoms with Crippen LogP contribution >= 0.6 is 0 Å². The Kier molecular flexibility index (Phi) is 4.67. The number of nitrogens with one attached hydrogen (secondary N) is 1. The van der Waals surface area contributed by atoms with Crippen molar-refractivity contribution in [1.82, 2.24) is 9.47 Å². The Morgan fingerprint density at radius 1 is 1.04 bits per heavy atom. The zero-order chi connectivity index (χ0) is 18.8. The summed E-state index contributed by atoms with van der Waals surface area (Å²) < 4.78 is 1.94. The SMILES string of the molecule is Cc1cc(C(=O)N2CCCC2)ccc1NC(=O)Cn1ccc2ccccc21. The Labute approximate surface area is 158 Å². The van der Waals surface area contributed by atoms with Crippen LogP contribution in [-0.4, -0.2) is 34.4 Å². The van der Waals surface area contributed by atoms with Crippen molar-refractivity contribution in [2.24, 2.45) is 0 Å². The second-order valence-electron chi connectivity index (χ2n) is 7.08. The van der Waals surface area contributed by atoms with E-state index in [0.717, 1.165) is 48.1 Å². The molecule has 1 aromatic heterocycles. The number of hydrogen-bond acceptors (Lipinski definition) is 2. The van der Waals surface area contributed by atoms with Gasteiger partial charge in [0.25, 0.3) is 5.91 Å². The van der Waals surface area contributed by atoms with Crippen LogP contribution in [0.2, 0.25) is 0 Å². The lowest BCUT2D eigenvalue weighted by Gasteiger charge is -2.16. The number of aryl methyl sites for hydroxylation is 1. The highest BCUT2D eigenvalue weighted by Gasteiger charge is 2.20. The van der Waals surface area contributed by atoms with E-state index < -0.39 is 0 Å². The Morgan fingerprint density at radius 2 is 1.81 bits per heavy atom. The van der Waals surface area contributed by atoms with E-state index in [4.69, 9.17) is 0 Å². The van der Waals surface area contributed by atoms with Crippen LogP contribution in [0, 0.1) is 6.92 Å². The van der Waals surface area contributed by atoms with E-state index in [-0.39, 0.29) is 18.4 Å². The summed E-state index contributed by atoms with van der Waals surface area (Å²) in [5, 5.41) is 4.08. The van der Waals surface area contributed by atoms with Gasteiger partial charge in [-0.25, -0.2) is 0 Å². The van der Waals surface area contributed by atoms with Crippen LogP contribution in [0.4, 0.5) is 5.69 Å². The Balaban J connectivity index is 1.45. The lowest BCUT2D eigenvalue weighted by molar-refractivity contribution is -0.116. The quantitative estimate of drug-likeness (QED) is 0.768. The van der Waals surface area contributed by atoms with Gasteiger partial charge in [0.15, 0.2) is 0 Å². The van der Waals surface area contributed by atoms with Gasteiger partial charge in [-0.05, 0) is 61.0 Å². The highest BCUT2D eigenvalue weighted by Crippen LogP contribution is 2.20. The van der Waals surface area contributed by atoms with Gasteiger partial charge >= 0.3 is 0 Å². The molecule has 5 heteroatoms. The number of amides is 2. The number of para-hydroxylation sites is 1. The molecule has 2 amide bonds. The first-order chi connectivity index (χ1) is 13.1. The van der Waals surface area contributed by atoms with Crippen LogP contribution < -0.4 is 5.32 Å². The van der Waals surface area contributed by atoms with Gasteiger partial charge in [0.05, 0.1) is 0 Å². The molecular weight excluding hydrogens is 338 g/mol. The molecule has 0 atom stereocenters. The third-order valence-electron chi connectivity index (χ3n) is 5.13. The van der Waals surface area contributed by atoms with Gasteiger partial charge in [-0.2, -0.15) is 0 Å². The molecule has 1 saturated heterocycles. The predicted octanol–water partition coefficient (Wildman–Crippen LogP) is 3.82. The molecule has 0 spiro atoms. The van der Waals surface area contributed by atoms with Crippen LogP contribution in [0.1, 0.15) is 28.8 Å². The number of rotatable bonds is 4. The first-order valence-electron chi connectivity index (χ1n) is 9.35. The van der Waals surface area contributed by atoms with Crippen molar-refractivity contribution >= 4 is 28.4 Å². The molecule has 5 nitrogen and oxygen atoms in total. The second kappa shape index (κ2) is 7.27. The number of aromatic nitrogens is 1. The molecule has 3 aromatic rings. The van der Waals surface area contributed by atoms with Crippen LogP contribution in [0.15, 0.2) is 54.7 Å². The minimum atomic E-state index is -0.0851. The summed E-state index contributed by atoms with van der Waals surface area (Å²) in [4.78, 5) is 26.9. The second-order valence-corrected chi connectivity index (χ2v) is 7.08. The fraction of sp³-hybridized carbons (Fsp3) is 0.273. The lowest BCUT2D eigenvalue weighted by Crippen LogP contribution is -2.27. The molecule has 2 aromatic carbocycles. The number of benzene rings is 2. The molecular formula is C22H23N3O2. The summed E-state index contributed by atoms with van der Waals surface area (Å²) in [5.41, 5.74) is 3.36. The predicted molar refractivity (Wildman–Crippen MR) is 107 cm³/mol. The molecule has 0 radical (unpaired) electrons. The Bertz CT molecular complexity index is 1000. The van der Waals surface area contributed by atoms with Crippen molar-refractivity contribution in [2.75, 3.05) is 18.4 Å². The van der Waals surface area contributed by atoms with Gasteiger partial charge < -0.3 is 14.8 Å². The molecule has 1 aliphatic heterocycles. The van der Waals surface area contributed by atoms with Crippen molar-refractivity contribution in [1.29, 1.82) is 0 Å². The molecule has 0 aliphatic carbocycles. The highest BCUT2D eigenvalue weighted by atomic mass is 16.2. The number of anilines is 1. The van der Waals surface area contributed by atoms with Crippen molar-refractivity contribution in [3.63, 3.8) is 0 Å². The van der Waals surface area contributed by atoms with Gasteiger partial charge in [0.2, 0.25) is 5.91 Å². The summed E-state index contributed by atoms with van der Waals surface area (Å²) in [5.74, 6) is -0.00893. The summed E-state index contributed by atoms with van der Waals surface area (Å²) in [6.07, 6.45) is 4.08. The van der Waals surface area contributed by atoms with Crippen molar-refractivity contribution in [2.45, 2.75) is 26.3 Å². The molecule has 4 rings (SSSR count). The molecule has 2 heterocycles. The minimum absolute atomic E-state index is 0.0762. The molecule has 0 saturated carbocycles. The van der Waals surface area contributed by atoms with E-state index in [1.165, 1.54) is 0 Å². The first kappa shape index (κ1) is 17.3. The molecule has 1 N–H and O–H groups in total. The monoisotopic (exact) mass is 361 g/mol. The van der Waals surface area contributed by atoms with Crippen molar-refractivity contribution < 1.29 is 9.59 Å². The molecule has 27 heavy (non-hydrogen) atoms. The standard InChI is InChI=1S/C22H23N3O2/c1-16-14-18(22(27)24-11-4-5-12-24)8-9-19(16)23-21(26)15-25-13-10-17-6-2-3-7-20(17)25/h2-3,6-10,13-14H,4-5,11-12,15H2,1H3,(H,23,26). The fourth-order valence-corrected chi connectivity index (χ4v) is 3.66. The highest BCUT2D eigenvalue weighted by molar-refractivity contribution is 5.97. The van der Waals surface area contributed by atoms with Crippen LogP contribution in [0.3, 0.4) is 0 Å². The maximum Gasteiger partial charge on any atom is 0.253 e. The minimum Gasteiger partial charge on any atom is -0.339 e. The number of nitrogens with zero attached hydrogens (tertiary/aromatic N) is 2. The summed E-state index contributed by atoms with van der Waals surface area (Å²) in [7, 11) is 0. The first-order valence-corrected chi connectivity index (χ1v) is 9.35. The maximum absolute atomic E-state index is 12.5. The van der Waals surface area contributed by atoms with Crippen molar-refractivity contribution in [3.8, 4) is 0 Å². The van der Waals surface area contributed by atoms with Crippen LogP contribution in [0.25, 0.3) is 10.9 Å². The maximum atomic E-state index is 12.5. The third-order valence-corrected chi connectivity index (χ3v) is 5.13. The largest absolute Gasteiger partial charge is 0.339 e. The molecule has 138 valence electrons. The fourth-order valence-electron chi connectivity index (χ4n) is 3.66. The average Bonchev–Trinajstić information content (AvgIpc) is 3.33. The van der Waals surface area contributed by atoms with E-state index in [1.54, 1.807) is 6.07 Å². The topological polar surface area (TPSA) is 54.3 Å². The Morgan fingerprint density at radius 3 is 2.59 bits per heavy atom. The summed E-state index contributed by atoms with van der Waals surface area (Å²) in [6.45, 7) is 3.84. The number of carbonyl (C=O) groups is 2. The van der Waals surface area contributed by atoms with Crippen LogP contribution in [-0.2, 0) is 11.3 Å². The van der Waals surface area contributed by atoms with E-state index in [9.17, 15) is 9.59 Å². The van der Waals surface area contributed by atoms with Gasteiger partial charge in [-0.15, -0.1) is 0 Å².